The lowest BCUT2D eigenvalue weighted by atomic mass is 10.1. The van der Waals surface area contributed by atoms with Gasteiger partial charge in [0.05, 0.1) is 5.92 Å². The molecule has 0 aromatic carbocycles. The summed E-state index contributed by atoms with van der Waals surface area (Å²) in [7, 11) is 0. The number of hydrogen-bond acceptors (Lipinski definition) is 3. The monoisotopic (exact) mass is 252 g/mol. The average molecular weight is 252 g/mol. The Bertz CT molecular complexity index is 383. The number of thiophene rings is 1. The van der Waals surface area contributed by atoms with Crippen molar-refractivity contribution in [3.63, 3.8) is 0 Å². The zero-order chi connectivity index (χ0) is 12.3. The van der Waals surface area contributed by atoms with Gasteiger partial charge in [0.25, 0.3) is 0 Å². The van der Waals surface area contributed by atoms with Crippen LogP contribution in [0.25, 0.3) is 0 Å². The predicted molar refractivity (Wildman–Crippen MR) is 71.3 cm³/mol. The van der Waals surface area contributed by atoms with Crippen molar-refractivity contribution in [2.45, 2.75) is 32.7 Å². The van der Waals surface area contributed by atoms with Crippen molar-refractivity contribution in [2.24, 2.45) is 5.92 Å². The summed E-state index contributed by atoms with van der Waals surface area (Å²) in [4.78, 5) is 14.6. The van der Waals surface area contributed by atoms with Gasteiger partial charge in [-0.1, -0.05) is 0 Å². The lowest BCUT2D eigenvalue weighted by Gasteiger charge is -2.15. The molecule has 0 bridgehead atoms. The van der Waals surface area contributed by atoms with Crippen molar-refractivity contribution in [1.29, 1.82) is 0 Å². The fourth-order valence-corrected chi connectivity index (χ4v) is 3.21. The summed E-state index contributed by atoms with van der Waals surface area (Å²) in [6.45, 7) is 5.99. The number of amides is 1. The maximum atomic E-state index is 11.9. The molecule has 1 aromatic heterocycles. The maximum Gasteiger partial charge on any atom is 0.224 e. The molecule has 0 saturated carbocycles. The summed E-state index contributed by atoms with van der Waals surface area (Å²) in [6, 6.07) is 4.51. The smallest absolute Gasteiger partial charge is 0.224 e. The maximum absolute atomic E-state index is 11.9. The van der Waals surface area contributed by atoms with Crippen molar-refractivity contribution in [3.05, 3.63) is 21.9 Å². The molecule has 17 heavy (non-hydrogen) atoms. The van der Waals surface area contributed by atoms with E-state index >= 15 is 0 Å². The van der Waals surface area contributed by atoms with Gasteiger partial charge in [-0.15, -0.1) is 11.3 Å². The Labute approximate surface area is 107 Å². The highest BCUT2D eigenvalue weighted by molar-refractivity contribution is 7.11. The van der Waals surface area contributed by atoms with E-state index in [-0.39, 0.29) is 17.9 Å². The minimum Gasteiger partial charge on any atom is -0.353 e. The highest BCUT2D eigenvalue weighted by Crippen LogP contribution is 2.17. The van der Waals surface area contributed by atoms with Crippen LogP contribution in [-0.2, 0) is 11.2 Å². The minimum atomic E-state index is 0.169. The molecule has 2 heterocycles. The quantitative estimate of drug-likeness (QED) is 0.856. The Balaban J connectivity index is 1.80. The first kappa shape index (κ1) is 12.6. The zero-order valence-corrected chi connectivity index (χ0v) is 11.3. The fourth-order valence-electron chi connectivity index (χ4n) is 2.19. The van der Waals surface area contributed by atoms with Crippen LogP contribution >= 0.6 is 11.3 Å². The van der Waals surface area contributed by atoms with Gasteiger partial charge in [0.2, 0.25) is 5.91 Å². The van der Waals surface area contributed by atoms with Crippen LogP contribution in [0.2, 0.25) is 0 Å². The molecule has 2 atom stereocenters. The van der Waals surface area contributed by atoms with E-state index in [4.69, 9.17) is 0 Å². The molecule has 1 aliphatic rings. The van der Waals surface area contributed by atoms with E-state index in [9.17, 15) is 4.79 Å². The van der Waals surface area contributed by atoms with E-state index in [0.29, 0.717) is 0 Å². The molecule has 0 spiro atoms. The van der Waals surface area contributed by atoms with Gasteiger partial charge < -0.3 is 10.6 Å². The fraction of sp³-hybridized carbons (Fsp3) is 0.615. The first-order chi connectivity index (χ1) is 8.15. The van der Waals surface area contributed by atoms with Gasteiger partial charge in [0.15, 0.2) is 0 Å². The third-order valence-corrected chi connectivity index (χ3v) is 4.15. The molecule has 2 N–H and O–H groups in total. The van der Waals surface area contributed by atoms with Crippen molar-refractivity contribution in [3.8, 4) is 0 Å². The molecular formula is C13H20N2OS. The number of rotatable bonds is 4. The molecule has 1 saturated heterocycles. The Morgan fingerprint density at radius 1 is 1.65 bits per heavy atom. The second kappa shape index (κ2) is 5.65. The summed E-state index contributed by atoms with van der Waals surface area (Å²) < 4.78 is 0. The molecule has 3 nitrogen and oxygen atoms in total. The third kappa shape index (κ3) is 3.54. The van der Waals surface area contributed by atoms with Crippen LogP contribution in [0, 0.1) is 12.8 Å². The van der Waals surface area contributed by atoms with Gasteiger partial charge in [0.1, 0.15) is 0 Å². The number of aryl methyl sites for hydroxylation is 1. The summed E-state index contributed by atoms with van der Waals surface area (Å²) in [6.07, 6.45) is 1.90. The summed E-state index contributed by atoms with van der Waals surface area (Å²) in [5.74, 6) is 0.373. The highest BCUT2D eigenvalue weighted by atomic mass is 32.1. The van der Waals surface area contributed by atoms with Crippen LogP contribution in [0.1, 0.15) is 23.1 Å². The second-order valence-electron chi connectivity index (χ2n) is 4.82. The van der Waals surface area contributed by atoms with E-state index in [0.717, 1.165) is 25.9 Å². The average Bonchev–Trinajstić information content (AvgIpc) is 2.89. The van der Waals surface area contributed by atoms with E-state index < -0.39 is 0 Å². The van der Waals surface area contributed by atoms with Gasteiger partial charge in [0, 0.05) is 28.8 Å². The van der Waals surface area contributed by atoms with Gasteiger partial charge in [-0.2, -0.15) is 0 Å². The van der Waals surface area contributed by atoms with Gasteiger partial charge in [-0.05, 0) is 38.9 Å². The SMILES string of the molecule is Cc1ccc(CC(C)NC(=O)C2CCNC2)s1. The number of nitrogens with one attached hydrogen (secondary N) is 2. The normalized spacial score (nSPS) is 21.4. The number of carbonyl (C=O) groups excluding carboxylic acids is 1. The molecule has 2 rings (SSSR count). The molecule has 1 amide bonds. The number of hydrogen-bond donors (Lipinski definition) is 2. The number of carbonyl (C=O) groups is 1. The van der Waals surface area contributed by atoms with E-state index in [2.05, 4.69) is 36.6 Å². The van der Waals surface area contributed by atoms with Crippen LogP contribution in [0.15, 0.2) is 12.1 Å². The van der Waals surface area contributed by atoms with Crippen LogP contribution in [-0.4, -0.2) is 25.0 Å². The van der Waals surface area contributed by atoms with Gasteiger partial charge >= 0.3 is 0 Å². The summed E-state index contributed by atoms with van der Waals surface area (Å²) in [5, 5.41) is 6.33. The third-order valence-electron chi connectivity index (χ3n) is 3.12. The lowest BCUT2D eigenvalue weighted by Crippen LogP contribution is -2.38. The Hall–Kier alpha value is -0.870. The Morgan fingerprint density at radius 3 is 3.06 bits per heavy atom. The van der Waals surface area contributed by atoms with Crippen molar-refractivity contribution in [1.82, 2.24) is 10.6 Å². The highest BCUT2D eigenvalue weighted by Gasteiger charge is 2.23. The van der Waals surface area contributed by atoms with Gasteiger partial charge in [-0.3, -0.25) is 4.79 Å². The van der Waals surface area contributed by atoms with Crippen LogP contribution in [0.3, 0.4) is 0 Å². The first-order valence-electron chi connectivity index (χ1n) is 6.21. The zero-order valence-electron chi connectivity index (χ0n) is 10.5. The Kier molecular flexibility index (Phi) is 4.18. The summed E-state index contributed by atoms with van der Waals surface area (Å²) in [5.41, 5.74) is 0. The molecule has 1 aromatic rings. The van der Waals surface area contributed by atoms with E-state index in [1.165, 1.54) is 9.75 Å². The molecular weight excluding hydrogens is 232 g/mol. The van der Waals surface area contributed by atoms with Crippen LogP contribution < -0.4 is 10.6 Å². The first-order valence-corrected chi connectivity index (χ1v) is 7.03. The molecule has 94 valence electrons. The predicted octanol–water partition coefficient (Wildman–Crippen LogP) is 1.71. The van der Waals surface area contributed by atoms with E-state index in [1.807, 2.05) is 11.3 Å². The molecule has 4 heteroatoms. The molecule has 1 fully saturated rings. The van der Waals surface area contributed by atoms with Crippen molar-refractivity contribution < 1.29 is 4.79 Å². The van der Waals surface area contributed by atoms with Crippen LogP contribution in [0.4, 0.5) is 0 Å². The minimum absolute atomic E-state index is 0.169. The van der Waals surface area contributed by atoms with Gasteiger partial charge in [-0.25, -0.2) is 0 Å². The summed E-state index contributed by atoms with van der Waals surface area (Å²) >= 11 is 1.81. The second-order valence-corrected chi connectivity index (χ2v) is 6.19. The lowest BCUT2D eigenvalue weighted by molar-refractivity contribution is -0.125. The standard InChI is InChI=1S/C13H20N2OS/c1-9(7-12-4-3-10(2)17-12)15-13(16)11-5-6-14-8-11/h3-4,9,11,14H,5-8H2,1-2H3,(H,15,16). The van der Waals surface area contributed by atoms with Crippen molar-refractivity contribution >= 4 is 17.2 Å². The molecule has 2 unspecified atom stereocenters. The van der Waals surface area contributed by atoms with E-state index in [1.54, 1.807) is 0 Å². The molecule has 0 radical (unpaired) electrons. The van der Waals surface area contributed by atoms with Crippen molar-refractivity contribution in [2.75, 3.05) is 13.1 Å². The largest absolute Gasteiger partial charge is 0.353 e. The Morgan fingerprint density at radius 2 is 2.47 bits per heavy atom. The molecule has 1 aliphatic heterocycles. The van der Waals surface area contributed by atoms with Crippen LogP contribution in [0.5, 0.6) is 0 Å². The molecule has 0 aliphatic carbocycles. The topological polar surface area (TPSA) is 41.1 Å².